The summed E-state index contributed by atoms with van der Waals surface area (Å²) >= 11 is 1.33. The van der Waals surface area contributed by atoms with Gasteiger partial charge in [0.05, 0.1) is 11.6 Å². The van der Waals surface area contributed by atoms with Crippen molar-refractivity contribution in [3.63, 3.8) is 0 Å². The summed E-state index contributed by atoms with van der Waals surface area (Å²) in [6.45, 7) is 1.82. The number of nitriles is 1. The van der Waals surface area contributed by atoms with Crippen molar-refractivity contribution in [2.45, 2.75) is 6.92 Å². The van der Waals surface area contributed by atoms with Gasteiger partial charge in [0.2, 0.25) is 0 Å². The first-order valence-corrected chi connectivity index (χ1v) is 4.68. The Morgan fingerprint density at radius 1 is 1.46 bits per heavy atom. The zero-order valence-electron chi connectivity index (χ0n) is 6.97. The van der Waals surface area contributed by atoms with Crippen LogP contribution in [0.25, 0.3) is 10.1 Å². The van der Waals surface area contributed by atoms with Gasteiger partial charge in [-0.1, -0.05) is 0 Å². The summed E-state index contributed by atoms with van der Waals surface area (Å²) in [6, 6.07) is 5.48. The van der Waals surface area contributed by atoms with Gasteiger partial charge in [0.1, 0.15) is 5.82 Å². The summed E-state index contributed by atoms with van der Waals surface area (Å²) in [5.41, 5.74) is 1.42. The second-order valence-corrected chi connectivity index (χ2v) is 3.77. The molecule has 0 saturated carbocycles. The normalized spacial score (nSPS) is 10.2. The quantitative estimate of drug-likeness (QED) is 0.627. The summed E-state index contributed by atoms with van der Waals surface area (Å²) in [7, 11) is 0. The van der Waals surface area contributed by atoms with E-state index in [2.05, 4.69) is 6.07 Å². The van der Waals surface area contributed by atoms with Crippen molar-refractivity contribution in [2.75, 3.05) is 0 Å². The molecular weight excluding hydrogens is 185 g/mol. The minimum absolute atomic E-state index is 0.193. The molecule has 1 aromatic heterocycles. The van der Waals surface area contributed by atoms with Crippen molar-refractivity contribution >= 4 is 21.4 Å². The fourth-order valence-corrected chi connectivity index (χ4v) is 2.31. The number of rotatable bonds is 0. The molecule has 64 valence electrons. The highest BCUT2D eigenvalue weighted by Gasteiger charge is 2.07. The van der Waals surface area contributed by atoms with E-state index in [4.69, 9.17) is 5.26 Å². The van der Waals surface area contributed by atoms with Gasteiger partial charge in [-0.2, -0.15) is 5.26 Å². The van der Waals surface area contributed by atoms with Crippen LogP contribution in [0.1, 0.15) is 11.1 Å². The third-order valence-corrected chi connectivity index (χ3v) is 2.86. The van der Waals surface area contributed by atoms with Crippen LogP contribution < -0.4 is 0 Å². The lowest BCUT2D eigenvalue weighted by molar-refractivity contribution is 0.643. The molecule has 0 bridgehead atoms. The highest BCUT2D eigenvalue weighted by atomic mass is 32.1. The molecule has 2 aromatic rings. The van der Waals surface area contributed by atoms with E-state index >= 15 is 0 Å². The number of fused-ring (bicyclic) bond motifs is 1. The van der Waals surface area contributed by atoms with E-state index in [0.29, 0.717) is 10.9 Å². The molecule has 0 fully saturated rings. The highest BCUT2D eigenvalue weighted by molar-refractivity contribution is 7.17. The molecule has 2 rings (SSSR count). The summed E-state index contributed by atoms with van der Waals surface area (Å²) in [6.07, 6.45) is 0. The fraction of sp³-hybridized carbons (Fsp3) is 0.100. The van der Waals surface area contributed by atoms with Gasteiger partial charge in [-0.15, -0.1) is 11.3 Å². The van der Waals surface area contributed by atoms with E-state index in [0.717, 1.165) is 10.3 Å². The van der Waals surface area contributed by atoms with Crippen molar-refractivity contribution in [3.8, 4) is 6.07 Å². The van der Waals surface area contributed by atoms with Gasteiger partial charge < -0.3 is 0 Å². The summed E-state index contributed by atoms with van der Waals surface area (Å²) in [5.74, 6) is -0.193. The van der Waals surface area contributed by atoms with Crippen LogP contribution in [0.4, 0.5) is 4.39 Å². The van der Waals surface area contributed by atoms with Gasteiger partial charge in [-0.25, -0.2) is 4.39 Å². The summed E-state index contributed by atoms with van der Waals surface area (Å²) < 4.78 is 14.0. The molecule has 0 radical (unpaired) electrons. The van der Waals surface area contributed by atoms with Gasteiger partial charge in [0.25, 0.3) is 0 Å². The molecular formula is C10H6FNS. The maximum Gasteiger partial charge on any atom is 0.141 e. The van der Waals surface area contributed by atoms with Crippen LogP contribution in [-0.2, 0) is 0 Å². The Bertz CT molecular complexity index is 507. The molecule has 0 aliphatic carbocycles. The average Bonchev–Trinajstić information content (AvgIpc) is 2.48. The van der Waals surface area contributed by atoms with Crippen LogP contribution in [0.3, 0.4) is 0 Å². The van der Waals surface area contributed by atoms with Crippen LogP contribution in [0.2, 0.25) is 0 Å². The van der Waals surface area contributed by atoms with Gasteiger partial charge in [0, 0.05) is 15.5 Å². The molecule has 0 atom stereocenters. The molecule has 0 aliphatic heterocycles. The van der Waals surface area contributed by atoms with Crippen molar-refractivity contribution < 1.29 is 4.39 Å². The third-order valence-electron chi connectivity index (χ3n) is 1.96. The smallest absolute Gasteiger partial charge is 0.141 e. The monoisotopic (exact) mass is 191 g/mol. The minimum atomic E-state index is -0.193. The molecule has 1 heterocycles. The first kappa shape index (κ1) is 8.21. The molecule has 0 saturated heterocycles. The summed E-state index contributed by atoms with van der Waals surface area (Å²) in [5, 5.41) is 10.8. The standard InChI is InChI=1S/C10H6FNS/c1-6-2-7(4-12)3-9-10(6)8(11)5-13-9/h2-3,5H,1H3. The Morgan fingerprint density at radius 3 is 2.92 bits per heavy atom. The SMILES string of the molecule is Cc1cc(C#N)cc2scc(F)c12. The number of benzene rings is 1. The van der Waals surface area contributed by atoms with Gasteiger partial charge in [-0.3, -0.25) is 0 Å². The van der Waals surface area contributed by atoms with Crippen LogP contribution in [0, 0.1) is 24.1 Å². The van der Waals surface area contributed by atoms with Crippen LogP contribution in [0.5, 0.6) is 0 Å². The topological polar surface area (TPSA) is 23.8 Å². The molecule has 13 heavy (non-hydrogen) atoms. The number of hydrogen-bond acceptors (Lipinski definition) is 2. The Morgan fingerprint density at radius 2 is 2.23 bits per heavy atom. The molecule has 0 aliphatic rings. The first-order chi connectivity index (χ1) is 6.22. The van der Waals surface area contributed by atoms with E-state index in [1.807, 2.05) is 6.92 Å². The molecule has 3 heteroatoms. The summed E-state index contributed by atoms with van der Waals surface area (Å²) in [4.78, 5) is 0. The molecule has 0 N–H and O–H groups in total. The van der Waals surface area contributed by atoms with Crippen LogP contribution in [0.15, 0.2) is 17.5 Å². The van der Waals surface area contributed by atoms with Gasteiger partial charge in [-0.05, 0) is 24.6 Å². The largest absolute Gasteiger partial charge is 0.205 e. The van der Waals surface area contributed by atoms with E-state index in [-0.39, 0.29) is 5.82 Å². The van der Waals surface area contributed by atoms with Crippen LogP contribution in [-0.4, -0.2) is 0 Å². The van der Waals surface area contributed by atoms with Crippen LogP contribution >= 0.6 is 11.3 Å². The third kappa shape index (κ3) is 1.20. The Kier molecular flexibility index (Phi) is 1.78. The zero-order chi connectivity index (χ0) is 9.42. The number of aryl methyl sites for hydroxylation is 1. The number of hydrogen-bond donors (Lipinski definition) is 0. The fourth-order valence-electron chi connectivity index (χ4n) is 1.39. The Balaban J connectivity index is 2.89. The lowest BCUT2D eigenvalue weighted by Gasteiger charge is -1.96. The molecule has 0 unspecified atom stereocenters. The molecule has 1 aromatic carbocycles. The lowest BCUT2D eigenvalue weighted by atomic mass is 10.1. The molecule has 1 nitrogen and oxygen atoms in total. The van der Waals surface area contributed by atoms with E-state index in [9.17, 15) is 4.39 Å². The highest BCUT2D eigenvalue weighted by Crippen LogP contribution is 2.28. The van der Waals surface area contributed by atoms with E-state index in [1.54, 1.807) is 12.1 Å². The van der Waals surface area contributed by atoms with Crippen molar-refractivity contribution in [1.29, 1.82) is 5.26 Å². The van der Waals surface area contributed by atoms with Crippen molar-refractivity contribution in [3.05, 3.63) is 34.5 Å². The Hall–Kier alpha value is -1.40. The maximum atomic E-state index is 13.2. The molecule has 0 amide bonds. The van der Waals surface area contributed by atoms with E-state index in [1.165, 1.54) is 16.7 Å². The van der Waals surface area contributed by atoms with Gasteiger partial charge in [0.15, 0.2) is 0 Å². The Labute approximate surface area is 79.0 Å². The minimum Gasteiger partial charge on any atom is -0.205 e. The van der Waals surface area contributed by atoms with E-state index < -0.39 is 0 Å². The second kappa shape index (κ2) is 2.82. The van der Waals surface area contributed by atoms with Crippen molar-refractivity contribution in [2.24, 2.45) is 0 Å². The predicted molar refractivity (Wildman–Crippen MR) is 51.2 cm³/mol. The zero-order valence-corrected chi connectivity index (χ0v) is 7.78. The number of halogens is 1. The lowest BCUT2D eigenvalue weighted by Crippen LogP contribution is -1.80. The number of nitrogens with zero attached hydrogens (tertiary/aromatic N) is 1. The molecule has 0 spiro atoms. The predicted octanol–water partition coefficient (Wildman–Crippen LogP) is 3.22. The number of thiophene rings is 1. The first-order valence-electron chi connectivity index (χ1n) is 3.80. The second-order valence-electron chi connectivity index (χ2n) is 2.86. The van der Waals surface area contributed by atoms with Gasteiger partial charge >= 0.3 is 0 Å². The maximum absolute atomic E-state index is 13.2. The van der Waals surface area contributed by atoms with Crippen molar-refractivity contribution in [1.82, 2.24) is 0 Å². The average molecular weight is 191 g/mol.